The van der Waals surface area contributed by atoms with E-state index in [2.05, 4.69) is 9.83 Å². The number of aryl methyl sites for hydroxylation is 1. The van der Waals surface area contributed by atoms with E-state index in [1.54, 1.807) is 31.2 Å². The molecule has 0 atom stereocenters. The van der Waals surface area contributed by atoms with Crippen molar-refractivity contribution < 1.29 is 19.3 Å². The molecule has 0 bridgehead atoms. The van der Waals surface area contributed by atoms with Crippen LogP contribution in [0.15, 0.2) is 35.3 Å². The minimum absolute atomic E-state index is 0.00287. The van der Waals surface area contributed by atoms with Crippen molar-refractivity contribution in [2.45, 2.75) is 6.92 Å². The number of hydrogen-bond acceptors (Lipinski definition) is 5. The van der Waals surface area contributed by atoms with Gasteiger partial charge in [0.1, 0.15) is 0 Å². The Labute approximate surface area is 125 Å². The SMILES string of the molecule is Cc1ccccc1C1=CC(=O)ON(C(=N)N=C(N)N)OC1=O. The standard InChI is InChI=1S/C13H13N5O4/c1-7-4-2-3-5-8(7)9-6-10(19)21-18(22-11(9)20)13(16)17-12(14)15/h2-6H,1H3,(H5,14,15,16,17). The van der Waals surface area contributed by atoms with Crippen LogP contribution in [-0.4, -0.2) is 29.1 Å². The number of nitrogens with two attached hydrogens (primary N) is 2. The van der Waals surface area contributed by atoms with E-state index < -0.39 is 23.9 Å². The maximum atomic E-state index is 12.1. The molecule has 5 N–H and O–H groups in total. The molecular formula is C13H13N5O4. The number of hydroxylamine groups is 2. The summed E-state index contributed by atoms with van der Waals surface area (Å²) in [7, 11) is 0. The van der Waals surface area contributed by atoms with Gasteiger partial charge in [-0.1, -0.05) is 24.3 Å². The van der Waals surface area contributed by atoms with Crippen molar-refractivity contribution in [1.82, 2.24) is 5.23 Å². The minimum atomic E-state index is -0.903. The molecule has 9 nitrogen and oxygen atoms in total. The number of carbonyl (C=O) groups is 2. The molecule has 114 valence electrons. The van der Waals surface area contributed by atoms with Crippen molar-refractivity contribution in [3.63, 3.8) is 0 Å². The van der Waals surface area contributed by atoms with E-state index in [1.807, 2.05) is 0 Å². The summed E-state index contributed by atoms with van der Waals surface area (Å²) in [5.74, 6) is -2.98. The molecule has 1 heterocycles. The second-order valence-corrected chi connectivity index (χ2v) is 4.28. The third-order valence-corrected chi connectivity index (χ3v) is 2.66. The van der Waals surface area contributed by atoms with E-state index in [9.17, 15) is 9.59 Å². The summed E-state index contributed by atoms with van der Waals surface area (Å²) in [6.45, 7) is 1.78. The highest BCUT2D eigenvalue weighted by Crippen LogP contribution is 2.23. The van der Waals surface area contributed by atoms with Gasteiger partial charge in [0.15, 0.2) is 5.96 Å². The Morgan fingerprint density at radius 2 is 1.91 bits per heavy atom. The second kappa shape index (κ2) is 5.95. The maximum absolute atomic E-state index is 12.1. The molecule has 0 spiro atoms. The van der Waals surface area contributed by atoms with Crippen LogP contribution in [-0.2, 0) is 19.3 Å². The van der Waals surface area contributed by atoms with E-state index in [-0.39, 0.29) is 10.8 Å². The van der Waals surface area contributed by atoms with Gasteiger partial charge in [0.05, 0.1) is 5.57 Å². The quantitative estimate of drug-likeness (QED) is 0.482. The molecule has 22 heavy (non-hydrogen) atoms. The lowest BCUT2D eigenvalue weighted by Gasteiger charge is -2.16. The van der Waals surface area contributed by atoms with Gasteiger partial charge in [-0.25, -0.2) is 9.59 Å². The Balaban J connectivity index is 2.33. The lowest BCUT2D eigenvalue weighted by Crippen LogP contribution is -2.35. The molecule has 0 fully saturated rings. The fourth-order valence-corrected chi connectivity index (χ4v) is 1.74. The van der Waals surface area contributed by atoms with Crippen LogP contribution in [0.5, 0.6) is 0 Å². The van der Waals surface area contributed by atoms with Crippen molar-refractivity contribution in [2.75, 3.05) is 0 Å². The summed E-state index contributed by atoms with van der Waals surface area (Å²) < 4.78 is 0. The number of nitrogens with zero attached hydrogens (tertiary/aromatic N) is 2. The number of rotatable bonds is 1. The predicted octanol–water partition coefficient (Wildman–Crippen LogP) is -0.181. The minimum Gasteiger partial charge on any atom is -0.370 e. The van der Waals surface area contributed by atoms with E-state index in [4.69, 9.17) is 21.7 Å². The molecule has 0 unspecified atom stereocenters. The van der Waals surface area contributed by atoms with Crippen molar-refractivity contribution >= 4 is 29.4 Å². The van der Waals surface area contributed by atoms with Gasteiger partial charge in [-0.05, 0) is 18.1 Å². The van der Waals surface area contributed by atoms with Crippen molar-refractivity contribution in [3.05, 3.63) is 41.5 Å². The van der Waals surface area contributed by atoms with Crippen molar-refractivity contribution in [3.8, 4) is 0 Å². The third-order valence-electron chi connectivity index (χ3n) is 2.66. The van der Waals surface area contributed by atoms with Crippen LogP contribution in [0, 0.1) is 12.3 Å². The normalized spacial score (nSPS) is 14.4. The lowest BCUT2D eigenvalue weighted by atomic mass is 10.0. The lowest BCUT2D eigenvalue weighted by molar-refractivity contribution is -0.274. The zero-order valence-corrected chi connectivity index (χ0v) is 11.6. The average Bonchev–Trinajstić information content (AvgIpc) is 2.58. The molecule has 0 radical (unpaired) electrons. The molecule has 0 amide bonds. The Morgan fingerprint density at radius 3 is 2.55 bits per heavy atom. The van der Waals surface area contributed by atoms with Crippen LogP contribution in [0.2, 0.25) is 0 Å². The topological polar surface area (TPSA) is 144 Å². The van der Waals surface area contributed by atoms with E-state index in [1.165, 1.54) is 0 Å². The van der Waals surface area contributed by atoms with Crippen LogP contribution in [0.3, 0.4) is 0 Å². The molecular weight excluding hydrogens is 290 g/mol. The molecule has 2 rings (SSSR count). The summed E-state index contributed by atoms with van der Waals surface area (Å²) in [6, 6.07) is 6.94. The number of nitrogens with one attached hydrogen (secondary N) is 1. The van der Waals surface area contributed by atoms with Gasteiger partial charge in [0.2, 0.25) is 0 Å². The first-order valence-electron chi connectivity index (χ1n) is 6.08. The van der Waals surface area contributed by atoms with Gasteiger partial charge in [0, 0.05) is 11.3 Å². The molecule has 1 aliphatic heterocycles. The van der Waals surface area contributed by atoms with Gasteiger partial charge < -0.3 is 11.5 Å². The molecule has 0 saturated carbocycles. The van der Waals surface area contributed by atoms with Gasteiger partial charge in [0.25, 0.3) is 5.96 Å². The van der Waals surface area contributed by atoms with Gasteiger partial charge in [-0.15, -0.1) is 0 Å². The third kappa shape index (κ3) is 3.20. The first-order chi connectivity index (χ1) is 10.4. The maximum Gasteiger partial charge on any atom is 0.368 e. The van der Waals surface area contributed by atoms with Crippen molar-refractivity contribution in [2.24, 2.45) is 16.5 Å². The van der Waals surface area contributed by atoms with Crippen LogP contribution >= 0.6 is 0 Å². The van der Waals surface area contributed by atoms with Crippen LogP contribution in [0.1, 0.15) is 11.1 Å². The number of carbonyl (C=O) groups excluding carboxylic acids is 2. The average molecular weight is 303 g/mol. The number of aliphatic imine (C=N–C) groups is 1. The highest BCUT2D eigenvalue weighted by atomic mass is 17.0. The molecule has 9 heteroatoms. The molecule has 0 aliphatic carbocycles. The smallest absolute Gasteiger partial charge is 0.368 e. The highest BCUT2D eigenvalue weighted by Gasteiger charge is 2.29. The summed E-state index contributed by atoms with van der Waals surface area (Å²) >= 11 is 0. The van der Waals surface area contributed by atoms with Crippen LogP contribution < -0.4 is 11.5 Å². The first kappa shape index (κ1) is 15.0. The van der Waals surface area contributed by atoms with Gasteiger partial charge >= 0.3 is 11.9 Å². The molecule has 0 aromatic heterocycles. The van der Waals surface area contributed by atoms with Crippen LogP contribution in [0.25, 0.3) is 5.57 Å². The first-order valence-corrected chi connectivity index (χ1v) is 6.08. The summed E-state index contributed by atoms with van der Waals surface area (Å²) in [5, 5.41) is 7.75. The van der Waals surface area contributed by atoms with Gasteiger partial charge in [-0.2, -0.15) is 4.99 Å². The van der Waals surface area contributed by atoms with Crippen LogP contribution in [0.4, 0.5) is 0 Å². The molecule has 0 saturated heterocycles. The second-order valence-electron chi connectivity index (χ2n) is 4.28. The summed E-state index contributed by atoms with van der Waals surface area (Å²) in [6.07, 6.45) is 0.980. The molecule has 1 aromatic rings. The Morgan fingerprint density at radius 1 is 1.23 bits per heavy atom. The number of guanidine groups is 2. The zero-order valence-electron chi connectivity index (χ0n) is 11.6. The fraction of sp³-hybridized carbons (Fsp3) is 0.0769. The predicted molar refractivity (Wildman–Crippen MR) is 76.7 cm³/mol. The monoisotopic (exact) mass is 303 g/mol. The van der Waals surface area contributed by atoms with E-state index >= 15 is 0 Å². The number of hydrogen-bond donors (Lipinski definition) is 3. The largest absolute Gasteiger partial charge is 0.370 e. The van der Waals surface area contributed by atoms with Crippen molar-refractivity contribution in [1.29, 1.82) is 5.41 Å². The zero-order chi connectivity index (χ0) is 16.3. The fourth-order valence-electron chi connectivity index (χ4n) is 1.74. The summed E-state index contributed by atoms with van der Waals surface area (Å²) in [5.41, 5.74) is 11.5. The van der Waals surface area contributed by atoms with Gasteiger partial charge in [-0.3, -0.25) is 15.1 Å². The molecule has 1 aromatic carbocycles. The summed E-state index contributed by atoms with van der Waals surface area (Å²) in [4.78, 5) is 36.7. The molecule has 1 aliphatic rings. The van der Waals surface area contributed by atoms with E-state index in [0.29, 0.717) is 5.56 Å². The number of benzene rings is 1. The Kier molecular flexibility index (Phi) is 4.07. The van der Waals surface area contributed by atoms with E-state index in [0.717, 1.165) is 11.6 Å². The Bertz CT molecular complexity index is 706. The highest BCUT2D eigenvalue weighted by molar-refractivity contribution is 6.21. The Hall–Kier alpha value is -3.36.